The Balaban J connectivity index is 1.42. The predicted molar refractivity (Wildman–Crippen MR) is 156 cm³/mol. The Bertz CT molecular complexity index is 1740. The number of benzene rings is 3. The predicted octanol–water partition coefficient (Wildman–Crippen LogP) is 5.55. The van der Waals surface area contributed by atoms with E-state index >= 15 is 0 Å². The number of carbonyl (C=O) groups excluding carboxylic acids is 3. The maximum atomic E-state index is 13.9. The van der Waals surface area contributed by atoms with Gasteiger partial charge < -0.3 is 5.32 Å². The number of hydrogen-bond acceptors (Lipinski definition) is 6. The Labute approximate surface area is 245 Å². The van der Waals surface area contributed by atoms with Crippen molar-refractivity contribution in [3.63, 3.8) is 0 Å². The number of anilines is 2. The van der Waals surface area contributed by atoms with Crippen molar-refractivity contribution in [1.82, 2.24) is 4.57 Å². The fraction of sp³-hybridized carbons (Fsp3) is 0.172. The van der Waals surface area contributed by atoms with Crippen LogP contribution in [0.25, 0.3) is 0 Å². The Hall–Kier alpha value is -3.54. The summed E-state index contributed by atoms with van der Waals surface area (Å²) in [7, 11) is 0. The van der Waals surface area contributed by atoms with Gasteiger partial charge in [-0.3, -0.25) is 23.7 Å². The van der Waals surface area contributed by atoms with Gasteiger partial charge in [-0.1, -0.05) is 69.4 Å². The van der Waals surface area contributed by atoms with Crippen LogP contribution in [0.2, 0.25) is 0 Å². The lowest BCUT2D eigenvalue weighted by molar-refractivity contribution is -0.122. The molecule has 0 aliphatic carbocycles. The van der Waals surface area contributed by atoms with Crippen LogP contribution >= 0.6 is 39.0 Å². The zero-order valence-electron chi connectivity index (χ0n) is 21.0. The first kappa shape index (κ1) is 26.7. The second kappa shape index (κ2) is 10.5. The van der Waals surface area contributed by atoms with E-state index in [1.54, 1.807) is 6.07 Å². The van der Waals surface area contributed by atoms with Crippen LogP contribution in [0, 0.1) is 18.7 Å². The Morgan fingerprint density at radius 1 is 1.00 bits per heavy atom. The highest BCUT2D eigenvalue weighted by Gasteiger charge is 2.56. The van der Waals surface area contributed by atoms with Crippen LogP contribution in [-0.4, -0.2) is 27.5 Å². The van der Waals surface area contributed by atoms with Gasteiger partial charge >= 0.3 is 4.87 Å². The van der Waals surface area contributed by atoms with E-state index in [9.17, 15) is 23.6 Å². The third-order valence-corrected chi connectivity index (χ3v) is 10.2. The first-order valence-electron chi connectivity index (χ1n) is 12.4. The molecule has 3 heterocycles. The lowest BCUT2D eigenvalue weighted by atomic mass is 9.83. The van der Waals surface area contributed by atoms with Gasteiger partial charge in [-0.25, -0.2) is 9.29 Å². The van der Waals surface area contributed by atoms with Crippen molar-refractivity contribution in [3.8, 4) is 0 Å². The number of amides is 3. The second-order valence-electron chi connectivity index (χ2n) is 9.57. The first-order valence-corrected chi connectivity index (χ1v) is 14.9. The third-order valence-electron chi connectivity index (χ3n) is 7.06. The summed E-state index contributed by atoms with van der Waals surface area (Å²) in [5.41, 5.74) is 2.60. The normalized spacial score (nSPS) is 19.9. The average Bonchev–Trinajstić information content (AvgIpc) is 3.36. The highest BCUT2D eigenvalue weighted by Crippen LogP contribution is 2.54. The second-order valence-corrected chi connectivity index (χ2v) is 12.6. The minimum absolute atomic E-state index is 0.238. The maximum absolute atomic E-state index is 13.9. The molecular weight excluding hydrogens is 617 g/mol. The lowest BCUT2D eigenvalue weighted by Crippen LogP contribution is -2.33. The van der Waals surface area contributed by atoms with E-state index in [-0.39, 0.29) is 23.0 Å². The molecule has 0 bridgehead atoms. The summed E-state index contributed by atoms with van der Waals surface area (Å²) in [4.78, 5) is 55.3. The van der Waals surface area contributed by atoms with Crippen molar-refractivity contribution in [2.24, 2.45) is 5.92 Å². The summed E-state index contributed by atoms with van der Waals surface area (Å²) < 4.78 is 15.8. The van der Waals surface area contributed by atoms with Crippen molar-refractivity contribution in [2.75, 3.05) is 10.2 Å². The van der Waals surface area contributed by atoms with E-state index in [1.807, 2.05) is 49.4 Å². The fourth-order valence-electron chi connectivity index (χ4n) is 5.21. The highest BCUT2D eigenvalue weighted by molar-refractivity contribution is 9.10. The van der Waals surface area contributed by atoms with Gasteiger partial charge in [0.1, 0.15) is 17.6 Å². The van der Waals surface area contributed by atoms with Gasteiger partial charge in [0.25, 0.3) is 0 Å². The van der Waals surface area contributed by atoms with E-state index < -0.39 is 34.7 Å². The number of nitrogens with one attached hydrogen (secondary N) is 1. The van der Waals surface area contributed by atoms with E-state index in [0.717, 1.165) is 43.6 Å². The molecule has 7 nitrogen and oxygen atoms in total. The van der Waals surface area contributed by atoms with Crippen LogP contribution in [0.1, 0.15) is 21.9 Å². The summed E-state index contributed by atoms with van der Waals surface area (Å²) in [6.45, 7) is 1.64. The number of nitrogens with zero attached hydrogens (tertiary/aromatic N) is 2. The van der Waals surface area contributed by atoms with E-state index in [0.29, 0.717) is 15.6 Å². The lowest BCUT2D eigenvalue weighted by Gasteiger charge is -2.30. The molecule has 2 aliphatic rings. The molecule has 202 valence electrons. The molecule has 3 amide bonds. The van der Waals surface area contributed by atoms with Crippen LogP contribution in [0.15, 0.2) is 87.1 Å². The molecule has 2 unspecified atom stereocenters. The molecule has 1 saturated heterocycles. The van der Waals surface area contributed by atoms with Crippen molar-refractivity contribution < 1.29 is 18.8 Å². The summed E-state index contributed by atoms with van der Waals surface area (Å²) in [6, 6.07) is 20.0. The Morgan fingerprint density at radius 3 is 2.48 bits per heavy atom. The number of imide groups is 1. The van der Waals surface area contributed by atoms with Gasteiger partial charge in [0.15, 0.2) is 0 Å². The molecule has 1 fully saturated rings. The summed E-state index contributed by atoms with van der Waals surface area (Å²) in [5, 5.41) is 2.54. The SMILES string of the molecule is Cc1ccccc1NC(=O)Cn1c2c(sc1=O)[C@H](c1cccc(Br)c1)C1C(=O)N(c3ccc(F)cc3)C(=O)C1S2. The van der Waals surface area contributed by atoms with Gasteiger partial charge in [0.05, 0.1) is 16.6 Å². The monoisotopic (exact) mass is 637 g/mol. The molecule has 2 aliphatic heterocycles. The van der Waals surface area contributed by atoms with Gasteiger partial charge in [-0.2, -0.15) is 0 Å². The molecule has 3 atom stereocenters. The number of rotatable bonds is 5. The summed E-state index contributed by atoms with van der Waals surface area (Å²) >= 11 is 5.62. The quantitative estimate of drug-likeness (QED) is 0.290. The minimum Gasteiger partial charge on any atom is -0.324 e. The van der Waals surface area contributed by atoms with Crippen LogP contribution in [-0.2, 0) is 20.9 Å². The zero-order chi connectivity index (χ0) is 28.1. The van der Waals surface area contributed by atoms with Gasteiger partial charge in [-0.15, -0.1) is 0 Å². The molecule has 1 aromatic heterocycles. The molecule has 0 saturated carbocycles. The van der Waals surface area contributed by atoms with E-state index in [1.165, 1.54) is 28.8 Å². The van der Waals surface area contributed by atoms with Crippen LogP contribution in [0.3, 0.4) is 0 Å². The number of thioether (sulfide) groups is 1. The van der Waals surface area contributed by atoms with E-state index in [2.05, 4.69) is 21.2 Å². The van der Waals surface area contributed by atoms with Crippen molar-refractivity contribution in [1.29, 1.82) is 0 Å². The van der Waals surface area contributed by atoms with Gasteiger partial charge in [-0.05, 0) is 60.5 Å². The van der Waals surface area contributed by atoms with Crippen LogP contribution in [0.4, 0.5) is 15.8 Å². The molecule has 1 N–H and O–H groups in total. The van der Waals surface area contributed by atoms with Gasteiger partial charge in [0, 0.05) is 21.0 Å². The standard InChI is InChI=1S/C29H21BrFN3O4S2/c1-15-5-2-3-8-20(15)32-21(35)14-33-28-25(40-29(33)38)22(16-6-4-7-17(30)13-16)23-24(39-28)27(37)34(26(23)36)19-11-9-18(31)10-12-19/h2-13,22-24H,14H2,1H3,(H,32,35)/t22-,23?,24?/m1/s1. The first-order chi connectivity index (χ1) is 19.2. The molecule has 6 rings (SSSR count). The van der Waals surface area contributed by atoms with Crippen LogP contribution < -0.4 is 15.1 Å². The molecule has 4 aromatic rings. The molecule has 3 aromatic carbocycles. The number of aryl methyl sites for hydroxylation is 1. The van der Waals surface area contributed by atoms with Crippen molar-refractivity contribution in [2.45, 2.75) is 29.7 Å². The number of aromatic nitrogens is 1. The smallest absolute Gasteiger partial charge is 0.308 e. The number of fused-ring (bicyclic) bond motifs is 2. The summed E-state index contributed by atoms with van der Waals surface area (Å²) in [5.74, 6) is -3.06. The number of hydrogen-bond donors (Lipinski definition) is 1. The van der Waals surface area contributed by atoms with Gasteiger partial charge in [0.2, 0.25) is 17.7 Å². The number of halogens is 2. The van der Waals surface area contributed by atoms with Crippen molar-refractivity contribution in [3.05, 3.63) is 109 Å². The average molecular weight is 639 g/mol. The maximum Gasteiger partial charge on any atom is 0.308 e. The number of thiazole rings is 1. The zero-order valence-corrected chi connectivity index (χ0v) is 24.2. The molecule has 11 heteroatoms. The third kappa shape index (κ3) is 4.61. The molecule has 0 radical (unpaired) electrons. The summed E-state index contributed by atoms with van der Waals surface area (Å²) in [6.07, 6.45) is 0. The molecule has 0 spiro atoms. The van der Waals surface area contributed by atoms with Crippen LogP contribution in [0.5, 0.6) is 0 Å². The highest BCUT2D eigenvalue weighted by atomic mass is 79.9. The van der Waals surface area contributed by atoms with E-state index in [4.69, 9.17) is 0 Å². The number of carbonyl (C=O) groups is 3. The Kier molecular flexibility index (Phi) is 6.97. The Morgan fingerprint density at radius 2 is 1.75 bits per heavy atom. The topological polar surface area (TPSA) is 88.5 Å². The number of para-hydroxylation sites is 1. The molecule has 40 heavy (non-hydrogen) atoms. The minimum atomic E-state index is -0.825. The molecular formula is C29H21BrFN3O4S2. The largest absolute Gasteiger partial charge is 0.324 e. The fourth-order valence-corrected chi connectivity index (χ4v) is 8.40. The van der Waals surface area contributed by atoms with Crippen molar-refractivity contribution >= 4 is 68.1 Å².